The SMILES string of the molecule is O=C1CN(C(=O)C2CCCN(Cc3nc(-c4ccccc4Cl)no3)C2)c2ccccc2N1. The number of aromatic nitrogens is 2. The van der Waals surface area contributed by atoms with E-state index in [1.54, 1.807) is 11.0 Å². The molecule has 2 amide bonds. The molecule has 0 radical (unpaired) electrons. The average Bonchev–Trinajstić information content (AvgIpc) is 3.26. The standard InChI is InChI=1S/C23H22ClN5O3/c24-17-8-2-1-7-16(17)22-26-21(32-27-22)14-28-11-5-6-15(12-28)23(31)29-13-20(30)25-18-9-3-4-10-19(18)29/h1-4,7-10,15H,5-6,11-14H2,(H,25,30). The van der Waals surface area contributed by atoms with Gasteiger partial charge in [0.1, 0.15) is 6.54 Å². The second kappa shape index (κ2) is 8.72. The zero-order valence-corrected chi connectivity index (χ0v) is 18.1. The summed E-state index contributed by atoms with van der Waals surface area (Å²) in [7, 11) is 0. The average molecular weight is 452 g/mol. The van der Waals surface area contributed by atoms with Crippen LogP contribution in [0.2, 0.25) is 5.02 Å². The fourth-order valence-corrected chi connectivity index (χ4v) is 4.53. The highest BCUT2D eigenvalue weighted by molar-refractivity contribution is 6.33. The van der Waals surface area contributed by atoms with Crippen LogP contribution in [0.15, 0.2) is 53.1 Å². The topological polar surface area (TPSA) is 91.6 Å². The number of amides is 2. The molecule has 164 valence electrons. The lowest BCUT2D eigenvalue weighted by atomic mass is 9.95. The second-order valence-electron chi connectivity index (χ2n) is 8.06. The van der Waals surface area contributed by atoms with Gasteiger partial charge < -0.3 is 14.7 Å². The predicted molar refractivity (Wildman–Crippen MR) is 120 cm³/mol. The Bertz CT molecular complexity index is 1160. The highest BCUT2D eigenvalue weighted by atomic mass is 35.5. The van der Waals surface area contributed by atoms with E-state index >= 15 is 0 Å². The third-order valence-electron chi connectivity index (χ3n) is 5.83. The molecule has 1 unspecified atom stereocenters. The van der Waals surface area contributed by atoms with Gasteiger partial charge in [-0.25, -0.2) is 0 Å². The predicted octanol–water partition coefficient (Wildman–Crippen LogP) is 3.59. The number of rotatable bonds is 4. The summed E-state index contributed by atoms with van der Waals surface area (Å²) < 4.78 is 5.44. The van der Waals surface area contributed by atoms with E-state index in [1.165, 1.54) is 0 Å². The van der Waals surface area contributed by atoms with Gasteiger partial charge in [-0.3, -0.25) is 14.5 Å². The van der Waals surface area contributed by atoms with Gasteiger partial charge in [-0.1, -0.05) is 41.0 Å². The number of hydrogen-bond donors (Lipinski definition) is 1. The van der Waals surface area contributed by atoms with Crippen molar-refractivity contribution in [3.05, 3.63) is 59.4 Å². The fourth-order valence-electron chi connectivity index (χ4n) is 4.31. The molecule has 1 fully saturated rings. The van der Waals surface area contributed by atoms with Gasteiger partial charge in [0.05, 0.1) is 28.9 Å². The second-order valence-corrected chi connectivity index (χ2v) is 8.46. The first kappa shape index (κ1) is 20.7. The van der Waals surface area contributed by atoms with Gasteiger partial charge in [0.15, 0.2) is 0 Å². The molecular weight excluding hydrogens is 430 g/mol. The molecule has 3 heterocycles. The molecule has 2 aromatic carbocycles. The highest BCUT2D eigenvalue weighted by Gasteiger charge is 2.34. The summed E-state index contributed by atoms with van der Waals surface area (Å²) in [6, 6.07) is 14.7. The van der Waals surface area contributed by atoms with Gasteiger partial charge >= 0.3 is 0 Å². The molecule has 0 spiro atoms. The first-order valence-electron chi connectivity index (χ1n) is 10.6. The Morgan fingerprint density at radius 2 is 2.00 bits per heavy atom. The maximum atomic E-state index is 13.3. The van der Waals surface area contributed by atoms with Crippen molar-refractivity contribution in [3.63, 3.8) is 0 Å². The van der Waals surface area contributed by atoms with Crippen LogP contribution in [-0.2, 0) is 16.1 Å². The van der Waals surface area contributed by atoms with Crippen LogP contribution in [0.5, 0.6) is 0 Å². The number of hydrogen-bond acceptors (Lipinski definition) is 6. The Morgan fingerprint density at radius 3 is 2.88 bits per heavy atom. The molecule has 1 aromatic heterocycles. The fraction of sp³-hybridized carbons (Fsp3) is 0.304. The Hall–Kier alpha value is -3.23. The van der Waals surface area contributed by atoms with E-state index in [0.29, 0.717) is 35.5 Å². The summed E-state index contributed by atoms with van der Waals surface area (Å²) in [4.78, 5) is 33.7. The normalized spacial score (nSPS) is 18.8. The minimum Gasteiger partial charge on any atom is -0.338 e. The lowest BCUT2D eigenvalue weighted by Gasteiger charge is -2.36. The number of nitrogens with one attached hydrogen (secondary N) is 1. The van der Waals surface area contributed by atoms with Crippen molar-refractivity contribution in [2.45, 2.75) is 19.4 Å². The van der Waals surface area contributed by atoms with Crippen LogP contribution >= 0.6 is 11.6 Å². The number of fused-ring (bicyclic) bond motifs is 1. The number of carbonyl (C=O) groups is 2. The summed E-state index contributed by atoms with van der Waals surface area (Å²) in [5, 5.41) is 7.45. The molecule has 2 aliphatic rings. The smallest absolute Gasteiger partial charge is 0.244 e. The molecule has 1 N–H and O–H groups in total. The summed E-state index contributed by atoms with van der Waals surface area (Å²) in [6.45, 7) is 1.91. The van der Waals surface area contributed by atoms with E-state index in [0.717, 1.165) is 30.6 Å². The number of halogens is 1. The molecule has 0 saturated carbocycles. The van der Waals surface area contributed by atoms with Gasteiger partial charge in [-0.2, -0.15) is 4.98 Å². The van der Waals surface area contributed by atoms with E-state index in [2.05, 4.69) is 20.4 Å². The third-order valence-corrected chi connectivity index (χ3v) is 6.16. The molecule has 5 rings (SSSR count). The maximum Gasteiger partial charge on any atom is 0.244 e. The molecule has 9 heteroatoms. The number of nitrogens with zero attached hydrogens (tertiary/aromatic N) is 4. The van der Waals surface area contributed by atoms with E-state index in [-0.39, 0.29) is 24.3 Å². The number of para-hydroxylation sites is 2. The van der Waals surface area contributed by atoms with Crippen molar-refractivity contribution in [1.82, 2.24) is 15.0 Å². The molecule has 2 aliphatic heterocycles. The summed E-state index contributed by atoms with van der Waals surface area (Å²) >= 11 is 6.23. The van der Waals surface area contributed by atoms with Crippen LogP contribution in [-0.4, -0.2) is 46.5 Å². The number of anilines is 2. The zero-order chi connectivity index (χ0) is 22.1. The molecule has 0 bridgehead atoms. The number of likely N-dealkylation sites (tertiary alicyclic amines) is 1. The molecule has 0 aliphatic carbocycles. The van der Waals surface area contributed by atoms with Crippen LogP contribution in [0.1, 0.15) is 18.7 Å². The lowest BCUT2D eigenvalue weighted by Crippen LogP contribution is -2.48. The lowest BCUT2D eigenvalue weighted by molar-refractivity contribution is -0.126. The Morgan fingerprint density at radius 1 is 1.19 bits per heavy atom. The first-order valence-corrected chi connectivity index (χ1v) is 11.0. The summed E-state index contributed by atoms with van der Waals surface area (Å²) in [6.07, 6.45) is 1.66. The minimum atomic E-state index is -0.200. The van der Waals surface area contributed by atoms with Crippen molar-refractivity contribution in [1.29, 1.82) is 0 Å². The molecule has 32 heavy (non-hydrogen) atoms. The van der Waals surface area contributed by atoms with Gasteiger partial charge in [-0.15, -0.1) is 0 Å². The van der Waals surface area contributed by atoms with Crippen molar-refractivity contribution >= 4 is 34.8 Å². The van der Waals surface area contributed by atoms with E-state index in [9.17, 15) is 9.59 Å². The quantitative estimate of drug-likeness (QED) is 0.651. The zero-order valence-electron chi connectivity index (χ0n) is 17.3. The Balaban J connectivity index is 1.28. The van der Waals surface area contributed by atoms with Crippen LogP contribution in [0.4, 0.5) is 11.4 Å². The van der Waals surface area contributed by atoms with E-state index in [4.69, 9.17) is 16.1 Å². The Kier molecular flexibility index (Phi) is 5.63. The van der Waals surface area contributed by atoms with E-state index in [1.807, 2.05) is 42.5 Å². The maximum absolute atomic E-state index is 13.3. The first-order chi connectivity index (χ1) is 15.6. The molecule has 3 aromatic rings. The van der Waals surface area contributed by atoms with Crippen LogP contribution in [0, 0.1) is 5.92 Å². The molecule has 8 nitrogen and oxygen atoms in total. The number of carbonyl (C=O) groups excluding carboxylic acids is 2. The van der Waals surface area contributed by atoms with Gasteiger partial charge in [0, 0.05) is 12.1 Å². The molecular formula is C23H22ClN5O3. The monoisotopic (exact) mass is 451 g/mol. The van der Waals surface area contributed by atoms with Gasteiger partial charge in [-0.05, 0) is 43.7 Å². The number of benzene rings is 2. The highest BCUT2D eigenvalue weighted by Crippen LogP contribution is 2.32. The van der Waals surface area contributed by atoms with Crippen molar-refractivity contribution in [2.75, 3.05) is 29.9 Å². The molecule has 1 saturated heterocycles. The van der Waals surface area contributed by atoms with Gasteiger partial charge in [0.25, 0.3) is 0 Å². The van der Waals surface area contributed by atoms with Crippen LogP contribution in [0.25, 0.3) is 11.4 Å². The summed E-state index contributed by atoms with van der Waals surface area (Å²) in [5.41, 5.74) is 2.14. The van der Waals surface area contributed by atoms with Gasteiger partial charge in [0.2, 0.25) is 23.5 Å². The van der Waals surface area contributed by atoms with Crippen LogP contribution < -0.4 is 10.2 Å². The van der Waals surface area contributed by atoms with E-state index < -0.39 is 0 Å². The largest absolute Gasteiger partial charge is 0.338 e. The molecule has 1 atom stereocenters. The van der Waals surface area contributed by atoms with Crippen molar-refractivity contribution in [3.8, 4) is 11.4 Å². The minimum absolute atomic E-state index is 0.0284. The number of piperidine rings is 1. The van der Waals surface area contributed by atoms with Crippen molar-refractivity contribution in [2.24, 2.45) is 5.92 Å². The summed E-state index contributed by atoms with van der Waals surface area (Å²) in [5.74, 6) is 0.525. The van der Waals surface area contributed by atoms with Crippen LogP contribution in [0.3, 0.4) is 0 Å². The third kappa shape index (κ3) is 4.11. The Labute approximate surface area is 190 Å². The van der Waals surface area contributed by atoms with Crippen molar-refractivity contribution < 1.29 is 14.1 Å².